The minimum Gasteiger partial charge on any atom is -0.480 e. The van der Waals surface area contributed by atoms with Crippen LogP contribution in [-0.4, -0.2) is 61.5 Å². The van der Waals surface area contributed by atoms with Gasteiger partial charge in [0.1, 0.15) is 18.1 Å². The smallest absolute Gasteiger partial charge is 0.407 e. The van der Waals surface area contributed by atoms with Crippen molar-refractivity contribution in [3.63, 3.8) is 0 Å². The van der Waals surface area contributed by atoms with Crippen molar-refractivity contribution in [3.8, 4) is 23.5 Å². The molecule has 0 aromatic heterocycles. The zero-order valence-corrected chi connectivity index (χ0v) is 17.8. The number of rotatable bonds is 6. The molecule has 6 nitrogen and oxygen atoms in total. The third-order valence-electron chi connectivity index (χ3n) is 6.41. The van der Waals surface area contributed by atoms with Crippen LogP contribution in [0, 0.1) is 17.8 Å². The number of hydrogen-bond acceptors (Lipinski definition) is 3. The number of ether oxygens (including phenoxy) is 1. The molecule has 2 N–H and O–H groups in total. The van der Waals surface area contributed by atoms with E-state index in [2.05, 4.69) is 23.4 Å². The van der Waals surface area contributed by atoms with Crippen molar-refractivity contribution in [1.82, 2.24) is 5.32 Å². The first-order valence-corrected chi connectivity index (χ1v) is 10.4. The van der Waals surface area contributed by atoms with Crippen LogP contribution in [-0.2, 0) is 9.53 Å². The molecule has 1 fully saturated rings. The molecule has 1 saturated heterocycles. The van der Waals surface area contributed by atoms with Crippen molar-refractivity contribution in [1.29, 1.82) is 0 Å². The fourth-order valence-electron chi connectivity index (χ4n) is 5.49. The molecule has 0 unspecified atom stereocenters. The molecular formula is C25H27N2O4+. The first-order valence-electron chi connectivity index (χ1n) is 10.4. The first kappa shape index (κ1) is 21.0. The van der Waals surface area contributed by atoms with E-state index in [-0.39, 0.29) is 18.9 Å². The Balaban J connectivity index is 1.48. The fraction of sp³-hybridized carbons (Fsp3) is 0.360. The molecule has 0 saturated carbocycles. The molecule has 1 heterocycles. The van der Waals surface area contributed by atoms with E-state index in [0.29, 0.717) is 17.6 Å². The maximum absolute atomic E-state index is 12.6. The number of carboxylic acids is 1. The lowest BCUT2D eigenvalue weighted by atomic mass is 9.69. The topological polar surface area (TPSA) is 75.6 Å². The maximum Gasteiger partial charge on any atom is 0.407 e. The van der Waals surface area contributed by atoms with E-state index in [1.807, 2.05) is 50.5 Å². The number of hydrogen-bond donors (Lipinski definition) is 2. The molecule has 4 rings (SSSR count). The molecule has 2 aromatic carbocycles. The molecule has 1 aliphatic heterocycles. The van der Waals surface area contributed by atoms with Gasteiger partial charge in [-0.05, 0) is 22.3 Å². The van der Waals surface area contributed by atoms with Crippen LogP contribution in [0.25, 0.3) is 11.1 Å². The average molecular weight is 420 g/mol. The van der Waals surface area contributed by atoms with Crippen molar-refractivity contribution in [2.45, 2.75) is 18.4 Å². The predicted molar refractivity (Wildman–Crippen MR) is 117 cm³/mol. The van der Waals surface area contributed by atoms with Gasteiger partial charge in [-0.2, -0.15) is 0 Å². The SMILES string of the molecule is C#CCC1([C@@H](NC(=O)OCC2c3ccccc3-c3ccccc32)C(=O)O)C[N+](C)(C)C1. The number of terminal acetylenes is 1. The number of quaternary nitrogens is 1. The minimum atomic E-state index is -1.09. The highest BCUT2D eigenvalue weighted by Crippen LogP contribution is 2.44. The molecule has 0 radical (unpaired) electrons. The lowest BCUT2D eigenvalue weighted by Gasteiger charge is -2.54. The second-order valence-corrected chi connectivity index (χ2v) is 9.24. The highest BCUT2D eigenvalue weighted by Gasteiger charge is 2.59. The zero-order chi connectivity index (χ0) is 22.2. The molecule has 2 aliphatic rings. The Morgan fingerprint density at radius 2 is 1.71 bits per heavy atom. The summed E-state index contributed by atoms with van der Waals surface area (Å²) in [5.41, 5.74) is 3.81. The van der Waals surface area contributed by atoms with Gasteiger partial charge in [-0.25, -0.2) is 9.59 Å². The highest BCUT2D eigenvalue weighted by molar-refractivity contribution is 5.82. The van der Waals surface area contributed by atoms with Crippen LogP contribution < -0.4 is 5.32 Å². The van der Waals surface area contributed by atoms with E-state index in [0.717, 1.165) is 22.3 Å². The van der Waals surface area contributed by atoms with Crippen molar-refractivity contribution in [3.05, 3.63) is 59.7 Å². The van der Waals surface area contributed by atoms with Crippen LogP contribution in [0.1, 0.15) is 23.5 Å². The van der Waals surface area contributed by atoms with Crippen molar-refractivity contribution >= 4 is 12.1 Å². The van der Waals surface area contributed by atoms with Crippen LogP contribution >= 0.6 is 0 Å². The normalized spacial score (nSPS) is 18.6. The van der Waals surface area contributed by atoms with E-state index >= 15 is 0 Å². The Labute approximate surface area is 182 Å². The fourth-order valence-corrected chi connectivity index (χ4v) is 5.49. The number of alkyl carbamates (subject to hydrolysis) is 1. The molecule has 31 heavy (non-hydrogen) atoms. The van der Waals surface area contributed by atoms with Gasteiger partial charge < -0.3 is 19.6 Å². The standard InChI is InChI=1S/C25H26N2O4/c1-4-13-25(15-27(2,3)16-25)22(23(28)29)26-24(30)31-14-21-19-11-7-5-9-17(19)18-10-6-8-12-20(18)21/h1,5-12,21-22H,13-16H2,2-3H3,(H-,26,28,29,30)/p+1/t22-/m0/s1. The zero-order valence-electron chi connectivity index (χ0n) is 17.8. The molecule has 0 spiro atoms. The van der Waals surface area contributed by atoms with Gasteiger partial charge in [0.25, 0.3) is 0 Å². The average Bonchev–Trinajstić information content (AvgIpc) is 3.03. The van der Waals surface area contributed by atoms with Gasteiger partial charge in [-0.1, -0.05) is 48.5 Å². The molecule has 160 valence electrons. The van der Waals surface area contributed by atoms with Crippen molar-refractivity contribution in [2.75, 3.05) is 33.8 Å². The molecule has 0 bridgehead atoms. The van der Waals surface area contributed by atoms with E-state index in [1.54, 1.807) is 0 Å². The van der Waals surface area contributed by atoms with E-state index < -0.39 is 23.5 Å². The molecular weight excluding hydrogens is 392 g/mol. The maximum atomic E-state index is 12.6. The Morgan fingerprint density at radius 1 is 1.16 bits per heavy atom. The lowest BCUT2D eigenvalue weighted by Crippen LogP contribution is -2.73. The van der Waals surface area contributed by atoms with E-state index in [9.17, 15) is 14.7 Å². The van der Waals surface area contributed by atoms with Gasteiger partial charge in [0.05, 0.1) is 27.2 Å². The van der Waals surface area contributed by atoms with Gasteiger partial charge in [-0.3, -0.25) is 0 Å². The largest absolute Gasteiger partial charge is 0.480 e. The number of likely N-dealkylation sites (tertiary alicyclic amines) is 1. The highest BCUT2D eigenvalue weighted by atomic mass is 16.5. The summed E-state index contributed by atoms with van der Waals surface area (Å²) >= 11 is 0. The number of carbonyl (C=O) groups is 2. The van der Waals surface area contributed by atoms with Crippen LogP contribution in [0.5, 0.6) is 0 Å². The van der Waals surface area contributed by atoms with Gasteiger partial charge >= 0.3 is 12.1 Å². The number of carboxylic acid groups (broad SMARTS) is 1. The van der Waals surface area contributed by atoms with Crippen LogP contribution in [0.4, 0.5) is 4.79 Å². The molecule has 1 atom stereocenters. The van der Waals surface area contributed by atoms with Crippen molar-refractivity contribution < 1.29 is 23.9 Å². The van der Waals surface area contributed by atoms with Crippen LogP contribution in [0.2, 0.25) is 0 Å². The minimum absolute atomic E-state index is 0.0830. The Bertz CT molecular complexity index is 1020. The van der Waals surface area contributed by atoms with Gasteiger partial charge in [0, 0.05) is 12.3 Å². The molecule has 1 aliphatic carbocycles. The Hall–Kier alpha value is -3.30. The van der Waals surface area contributed by atoms with Crippen LogP contribution in [0.15, 0.2) is 48.5 Å². The number of aliphatic carboxylic acids is 1. The molecule has 6 heteroatoms. The second-order valence-electron chi connectivity index (χ2n) is 9.24. The van der Waals surface area contributed by atoms with E-state index in [1.165, 1.54) is 0 Å². The monoisotopic (exact) mass is 419 g/mol. The van der Waals surface area contributed by atoms with Gasteiger partial charge in [0.2, 0.25) is 0 Å². The summed E-state index contributed by atoms with van der Waals surface area (Å²) in [6.07, 6.45) is 5.07. The number of nitrogens with zero attached hydrogens (tertiary/aromatic N) is 1. The summed E-state index contributed by atoms with van der Waals surface area (Å²) in [5.74, 6) is 1.41. The Kier molecular flexibility index (Phi) is 5.24. The third kappa shape index (κ3) is 3.77. The van der Waals surface area contributed by atoms with Crippen LogP contribution in [0.3, 0.4) is 0 Å². The summed E-state index contributed by atoms with van der Waals surface area (Å²) < 4.78 is 6.21. The lowest BCUT2D eigenvalue weighted by molar-refractivity contribution is -0.950. The Morgan fingerprint density at radius 3 is 2.19 bits per heavy atom. The number of carbonyl (C=O) groups excluding carboxylic acids is 1. The van der Waals surface area contributed by atoms with Crippen molar-refractivity contribution in [2.24, 2.45) is 5.41 Å². The number of benzene rings is 2. The molecule has 2 aromatic rings. The van der Waals surface area contributed by atoms with Gasteiger partial charge in [0.15, 0.2) is 0 Å². The summed E-state index contributed by atoms with van der Waals surface area (Å²) in [5, 5.41) is 12.4. The number of amides is 1. The number of nitrogens with one attached hydrogen (secondary N) is 1. The third-order valence-corrected chi connectivity index (χ3v) is 6.41. The summed E-state index contributed by atoms with van der Waals surface area (Å²) in [4.78, 5) is 24.6. The predicted octanol–water partition coefficient (Wildman–Crippen LogP) is 3.08. The second kappa shape index (κ2) is 7.75. The summed E-state index contributed by atoms with van der Waals surface area (Å²) in [6, 6.07) is 15.0. The van der Waals surface area contributed by atoms with Gasteiger partial charge in [-0.15, -0.1) is 12.3 Å². The quantitative estimate of drug-likeness (QED) is 0.557. The number of fused-ring (bicyclic) bond motifs is 3. The summed E-state index contributed by atoms with van der Waals surface area (Å²) in [7, 11) is 4.03. The first-order chi connectivity index (χ1) is 14.8. The molecule has 1 amide bonds. The summed E-state index contributed by atoms with van der Waals surface area (Å²) in [6.45, 7) is 1.30. The van der Waals surface area contributed by atoms with E-state index in [4.69, 9.17) is 11.2 Å².